The number of hydrogen-bond donors (Lipinski definition) is 3. The van der Waals surface area contributed by atoms with Gasteiger partial charge in [0.2, 0.25) is 11.6 Å². The molecule has 0 spiro atoms. The van der Waals surface area contributed by atoms with Gasteiger partial charge in [-0.1, -0.05) is 110 Å². The Hall–Kier alpha value is -5.81. The number of aromatic amines is 2. The average molecular weight is 624 g/mol. The van der Waals surface area contributed by atoms with Crippen LogP contribution in [-0.2, 0) is 26.1 Å². The van der Waals surface area contributed by atoms with Gasteiger partial charge in [0.25, 0.3) is 5.82 Å². The van der Waals surface area contributed by atoms with Crippen molar-refractivity contribution >= 4 is 0 Å². The van der Waals surface area contributed by atoms with Crippen LogP contribution < -0.4 is 4.57 Å². The summed E-state index contributed by atoms with van der Waals surface area (Å²) >= 11 is 0. The predicted octanol–water partition coefficient (Wildman–Crippen LogP) is 5.40. The molecule has 0 radical (unpaired) electrons. The van der Waals surface area contributed by atoms with E-state index in [1.54, 1.807) is 0 Å². The highest BCUT2D eigenvalue weighted by Gasteiger charge is 2.23. The van der Waals surface area contributed by atoms with Crippen molar-refractivity contribution in [3.63, 3.8) is 0 Å². The smallest absolute Gasteiger partial charge is 0.257 e. The van der Waals surface area contributed by atoms with Crippen molar-refractivity contribution in [3.8, 4) is 45.0 Å². The second-order valence-electron chi connectivity index (χ2n) is 11.5. The van der Waals surface area contributed by atoms with Crippen LogP contribution in [0, 0.1) is 0 Å². The number of nitrogens with one attached hydrogen (secondary N) is 2. The molecule has 7 rings (SSSR count). The van der Waals surface area contributed by atoms with E-state index in [0.29, 0.717) is 24.7 Å². The first-order valence-corrected chi connectivity index (χ1v) is 15.8. The van der Waals surface area contributed by atoms with Gasteiger partial charge < -0.3 is 5.11 Å². The number of aliphatic hydroxyl groups excluding tert-OH is 1. The fourth-order valence-electron chi connectivity index (χ4n) is 6.08. The fraction of sp³-hybridized carbons (Fsp3) is 0.194. The van der Waals surface area contributed by atoms with Gasteiger partial charge in [0.05, 0.1) is 0 Å². The van der Waals surface area contributed by atoms with E-state index in [1.165, 1.54) is 11.4 Å². The molecule has 4 aromatic carbocycles. The van der Waals surface area contributed by atoms with Crippen LogP contribution in [0.5, 0.6) is 0 Å². The first kappa shape index (κ1) is 29.9. The summed E-state index contributed by atoms with van der Waals surface area (Å²) in [5, 5.41) is 39.7. The molecule has 0 saturated heterocycles. The Morgan fingerprint density at radius 2 is 1.21 bits per heavy atom. The van der Waals surface area contributed by atoms with Crippen molar-refractivity contribution in [3.05, 3.63) is 126 Å². The molecule has 7 aromatic rings. The lowest BCUT2D eigenvalue weighted by atomic mass is 9.98. The highest BCUT2D eigenvalue weighted by atomic mass is 16.3. The molecule has 3 aromatic heterocycles. The maximum atomic E-state index is 10.4. The number of hydrogen-bond acceptors (Lipinski definition) is 7. The van der Waals surface area contributed by atoms with Crippen LogP contribution in [0.3, 0.4) is 0 Å². The molecule has 234 valence electrons. The monoisotopic (exact) mass is 623 g/mol. The number of rotatable bonds is 12. The molecule has 0 atom stereocenters. The second kappa shape index (κ2) is 13.7. The molecule has 11 heteroatoms. The maximum Gasteiger partial charge on any atom is 0.257 e. The van der Waals surface area contributed by atoms with Gasteiger partial charge in [0, 0.05) is 17.5 Å². The largest absolute Gasteiger partial charge is 0.388 e. The van der Waals surface area contributed by atoms with Gasteiger partial charge in [-0.2, -0.15) is 10.4 Å². The van der Waals surface area contributed by atoms with Crippen molar-refractivity contribution in [2.45, 2.75) is 45.9 Å². The third kappa shape index (κ3) is 6.34. The second-order valence-corrected chi connectivity index (χ2v) is 11.5. The summed E-state index contributed by atoms with van der Waals surface area (Å²) in [5.74, 6) is 2.34. The Labute approximate surface area is 272 Å². The van der Waals surface area contributed by atoms with Crippen LogP contribution in [0.25, 0.3) is 45.0 Å². The number of benzene rings is 4. The number of nitrogens with zero attached hydrogens (tertiary/aromatic N) is 8. The Morgan fingerprint density at radius 1 is 0.681 bits per heavy atom. The van der Waals surface area contributed by atoms with E-state index >= 15 is 0 Å². The van der Waals surface area contributed by atoms with Crippen molar-refractivity contribution in [2.24, 2.45) is 0 Å². The van der Waals surface area contributed by atoms with E-state index in [-0.39, 0.29) is 6.61 Å². The van der Waals surface area contributed by atoms with Crippen molar-refractivity contribution in [2.75, 3.05) is 0 Å². The van der Waals surface area contributed by atoms with E-state index in [9.17, 15) is 5.11 Å². The zero-order valence-electron chi connectivity index (χ0n) is 26.1. The third-order valence-corrected chi connectivity index (χ3v) is 8.46. The molecule has 0 amide bonds. The highest BCUT2D eigenvalue weighted by molar-refractivity contribution is 5.81. The van der Waals surface area contributed by atoms with Crippen LogP contribution in [0.2, 0.25) is 0 Å². The van der Waals surface area contributed by atoms with Crippen molar-refractivity contribution < 1.29 is 9.67 Å². The minimum Gasteiger partial charge on any atom is -0.388 e. The van der Waals surface area contributed by atoms with Gasteiger partial charge in [-0.25, -0.2) is 9.13 Å². The predicted molar refractivity (Wildman–Crippen MR) is 177 cm³/mol. The van der Waals surface area contributed by atoms with Crippen LogP contribution in [0.1, 0.15) is 42.4 Å². The summed E-state index contributed by atoms with van der Waals surface area (Å²) in [6.07, 6.45) is 5.16. The Kier molecular flexibility index (Phi) is 8.69. The van der Waals surface area contributed by atoms with Gasteiger partial charge >= 0.3 is 0 Å². The molecule has 11 nitrogen and oxygen atoms in total. The standard InChI is InChI=1S/C36H35N10O/c1-2-3-12-34-45(21-25-13-17-27(18-14-25)30-8-4-6-10-32(30)35-37-41-42-38-35)23-29(24-47)46(34)22-26-15-19-28(20-16-26)31-9-5-7-11-33(31)36-39-43-44-40-36/h4-11,13-20,23,47H,2-3,12,21-22,24H2,1H3,(H,37,38,41,42)(H,39,40,43,44)/q+1. The zero-order chi connectivity index (χ0) is 32.0. The van der Waals surface area contributed by atoms with E-state index < -0.39 is 0 Å². The molecule has 0 saturated carbocycles. The summed E-state index contributed by atoms with van der Waals surface area (Å²) < 4.78 is 4.56. The minimum absolute atomic E-state index is 0.0336. The lowest BCUT2D eigenvalue weighted by Gasteiger charge is -2.10. The molecule has 0 aliphatic carbocycles. The third-order valence-electron chi connectivity index (χ3n) is 8.46. The van der Waals surface area contributed by atoms with Gasteiger partial charge in [-0.05, 0) is 50.2 Å². The molecule has 0 aliphatic rings. The van der Waals surface area contributed by atoms with Crippen LogP contribution >= 0.6 is 0 Å². The van der Waals surface area contributed by atoms with E-state index in [4.69, 9.17) is 0 Å². The summed E-state index contributed by atoms with van der Waals surface area (Å²) in [5.41, 5.74) is 9.35. The van der Waals surface area contributed by atoms with E-state index in [0.717, 1.165) is 63.9 Å². The van der Waals surface area contributed by atoms with Crippen LogP contribution in [-0.4, -0.2) is 50.9 Å². The van der Waals surface area contributed by atoms with Crippen LogP contribution in [0.4, 0.5) is 0 Å². The Balaban J connectivity index is 1.14. The average Bonchev–Trinajstić information content (AvgIpc) is 3.91. The number of unbranched alkanes of at least 4 members (excludes halogenated alkanes) is 1. The first-order chi connectivity index (χ1) is 23.2. The normalized spacial score (nSPS) is 11.3. The molecule has 0 bridgehead atoms. The molecule has 3 heterocycles. The number of H-pyrrole nitrogens is 2. The molecule has 47 heavy (non-hydrogen) atoms. The minimum atomic E-state index is -0.0336. The molecule has 0 fully saturated rings. The lowest BCUT2D eigenvalue weighted by molar-refractivity contribution is -0.695. The van der Waals surface area contributed by atoms with Crippen molar-refractivity contribution in [1.29, 1.82) is 0 Å². The van der Waals surface area contributed by atoms with Gasteiger partial charge in [0.15, 0.2) is 5.69 Å². The fourth-order valence-corrected chi connectivity index (χ4v) is 6.08. The van der Waals surface area contributed by atoms with Gasteiger partial charge in [-0.15, -0.1) is 20.4 Å². The first-order valence-electron chi connectivity index (χ1n) is 15.8. The van der Waals surface area contributed by atoms with Gasteiger partial charge in [-0.3, -0.25) is 0 Å². The number of aromatic nitrogens is 10. The molecule has 0 unspecified atom stereocenters. The highest BCUT2D eigenvalue weighted by Crippen LogP contribution is 2.31. The summed E-state index contributed by atoms with van der Waals surface area (Å²) in [6, 6.07) is 33.3. The SMILES string of the molecule is CCCCc1n(Cc2ccc(-c3ccccc3-c3nn[nH]n3)cc2)c(CO)c[n+]1Cc1ccc(-c2ccccc2-c2nn[nH]n2)cc1. The number of tetrazole rings is 2. The molecule has 3 N–H and O–H groups in total. The van der Waals surface area contributed by atoms with Crippen molar-refractivity contribution in [1.82, 2.24) is 45.8 Å². The van der Waals surface area contributed by atoms with E-state index in [2.05, 4.69) is 124 Å². The summed E-state index contributed by atoms with van der Waals surface area (Å²) in [4.78, 5) is 0. The zero-order valence-corrected chi connectivity index (χ0v) is 26.1. The Morgan fingerprint density at radius 3 is 1.70 bits per heavy atom. The Bertz CT molecular complexity index is 2050. The van der Waals surface area contributed by atoms with Crippen LogP contribution in [0.15, 0.2) is 103 Å². The maximum absolute atomic E-state index is 10.4. The molecule has 0 aliphatic heterocycles. The van der Waals surface area contributed by atoms with E-state index in [1.807, 2.05) is 36.4 Å². The van der Waals surface area contributed by atoms with Gasteiger partial charge in [0.1, 0.15) is 25.9 Å². The number of aliphatic hydroxyl groups is 1. The summed E-state index contributed by atoms with van der Waals surface area (Å²) in [7, 11) is 0. The lowest BCUT2D eigenvalue weighted by Crippen LogP contribution is -2.38. The number of imidazole rings is 1. The topological polar surface area (TPSA) is 138 Å². The summed E-state index contributed by atoms with van der Waals surface area (Å²) in [6.45, 7) is 3.55. The quantitative estimate of drug-likeness (QED) is 0.155. The molecular weight excluding hydrogens is 588 g/mol. The molecular formula is C36H35N10O+.